The Morgan fingerprint density at radius 2 is 1.75 bits per heavy atom. The minimum atomic E-state index is -1.28. The minimum Gasteiger partial charge on any atom is -0.382 e. The molecule has 0 aliphatic heterocycles. The maximum atomic E-state index is 13.3. The van der Waals surface area contributed by atoms with Crippen LogP contribution in [0.4, 0.5) is 8.78 Å². The summed E-state index contributed by atoms with van der Waals surface area (Å²) in [5.41, 5.74) is -0.0980. The first-order valence-electron chi connectivity index (χ1n) is 6.26. The Morgan fingerprint density at radius 3 is 2.35 bits per heavy atom. The van der Waals surface area contributed by atoms with E-state index in [1.807, 2.05) is 6.07 Å². The van der Waals surface area contributed by atoms with Crippen LogP contribution in [0.2, 0.25) is 0 Å². The number of methoxy groups -OCH3 is 1. The molecule has 2 aromatic rings. The highest BCUT2D eigenvalue weighted by Gasteiger charge is 2.29. The average Bonchev–Trinajstić information content (AvgIpc) is 2.44. The van der Waals surface area contributed by atoms with Crippen LogP contribution in [0.25, 0.3) is 0 Å². The number of aliphatic hydroxyl groups is 1. The third-order valence-electron chi connectivity index (χ3n) is 3.17. The number of benzene rings is 2. The summed E-state index contributed by atoms with van der Waals surface area (Å²) in [7, 11) is 1.49. The van der Waals surface area contributed by atoms with Crippen molar-refractivity contribution in [2.45, 2.75) is 12.0 Å². The number of hydrogen-bond donors (Lipinski definition) is 1. The van der Waals surface area contributed by atoms with Crippen molar-refractivity contribution in [3.63, 3.8) is 0 Å². The number of halogens is 2. The third-order valence-corrected chi connectivity index (χ3v) is 3.17. The van der Waals surface area contributed by atoms with Gasteiger partial charge in [-0.05, 0) is 23.3 Å². The van der Waals surface area contributed by atoms with E-state index in [0.717, 1.165) is 12.1 Å². The quantitative estimate of drug-likeness (QED) is 0.911. The first-order chi connectivity index (χ1) is 9.55. The Balaban J connectivity index is 2.31. The third kappa shape index (κ3) is 3.21. The van der Waals surface area contributed by atoms with Gasteiger partial charge in [0.25, 0.3) is 0 Å². The van der Waals surface area contributed by atoms with Crippen molar-refractivity contribution in [3.05, 3.63) is 71.3 Å². The van der Waals surface area contributed by atoms with Crippen LogP contribution >= 0.6 is 0 Å². The second kappa shape index (κ2) is 6.11. The van der Waals surface area contributed by atoms with Crippen LogP contribution in [0.3, 0.4) is 0 Å². The second-order valence-electron chi connectivity index (χ2n) is 4.76. The summed E-state index contributed by atoms with van der Waals surface area (Å²) in [6.45, 7) is 0.0655. The number of hydrogen-bond acceptors (Lipinski definition) is 2. The zero-order valence-electron chi connectivity index (χ0n) is 11.1. The van der Waals surface area contributed by atoms with E-state index in [-0.39, 0.29) is 13.0 Å². The lowest BCUT2D eigenvalue weighted by Crippen LogP contribution is -2.33. The van der Waals surface area contributed by atoms with Crippen molar-refractivity contribution in [3.8, 4) is 0 Å². The van der Waals surface area contributed by atoms with Gasteiger partial charge >= 0.3 is 0 Å². The van der Waals surface area contributed by atoms with Gasteiger partial charge in [-0.2, -0.15) is 0 Å². The lowest BCUT2D eigenvalue weighted by Gasteiger charge is -2.28. The molecule has 2 nitrogen and oxygen atoms in total. The van der Waals surface area contributed by atoms with Crippen molar-refractivity contribution in [2.24, 2.45) is 0 Å². The number of rotatable bonds is 5. The monoisotopic (exact) mass is 278 g/mol. The van der Waals surface area contributed by atoms with Crippen molar-refractivity contribution < 1.29 is 18.6 Å². The van der Waals surface area contributed by atoms with Crippen LogP contribution in [-0.4, -0.2) is 18.8 Å². The highest BCUT2D eigenvalue weighted by molar-refractivity contribution is 5.27. The van der Waals surface area contributed by atoms with E-state index in [9.17, 15) is 13.9 Å². The van der Waals surface area contributed by atoms with E-state index in [4.69, 9.17) is 4.74 Å². The Kier molecular flexibility index (Phi) is 4.47. The van der Waals surface area contributed by atoms with E-state index in [1.165, 1.54) is 13.2 Å². The lowest BCUT2D eigenvalue weighted by molar-refractivity contribution is -0.0355. The molecule has 20 heavy (non-hydrogen) atoms. The lowest BCUT2D eigenvalue weighted by atomic mass is 9.88. The van der Waals surface area contributed by atoms with Gasteiger partial charge in [-0.1, -0.05) is 36.4 Å². The molecule has 0 aliphatic carbocycles. The second-order valence-corrected chi connectivity index (χ2v) is 4.76. The van der Waals surface area contributed by atoms with Gasteiger partial charge in [0.2, 0.25) is 0 Å². The van der Waals surface area contributed by atoms with Crippen LogP contribution in [0, 0.1) is 11.6 Å². The predicted octanol–water partition coefficient (Wildman–Crippen LogP) is 3.04. The van der Waals surface area contributed by atoms with Crippen LogP contribution in [-0.2, 0) is 16.8 Å². The Hall–Kier alpha value is -1.78. The largest absolute Gasteiger partial charge is 0.382 e. The molecule has 0 amide bonds. The van der Waals surface area contributed by atoms with Crippen molar-refractivity contribution in [2.75, 3.05) is 13.7 Å². The first kappa shape index (κ1) is 14.6. The molecule has 0 radical (unpaired) electrons. The molecule has 0 saturated carbocycles. The summed E-state index contributed by atoms with van der Waals surface area (Å²) in [5, 5.41) is 10.8. The van der Waals surface area contributed by atoms with E-state index in [0.29, 0.717) is 11.1 Å². The topological polar surface area (TPSA) is 29.5 Å². The Morgan fingerprint density at radius 1 is 1.05 bits per heavy atom. The standard InChI is InChI=1S/C16H16F2O2/c1-20-11-16(19,13-5-3-2-4-6-13)10-12-7-8-14(17)15(18)9-12/h2-9,19H,10-11H2,1H3. The normalized spacial score (nSPS) is 14.0. The molecule has 0 heterocycles. The van der Waals surface area contributed by atoms with Crippen molar-refractivity contribution in [1.29, 1.82) is 0 Å². The van der Waals surface area contributed by atoms with Crippen LogP contribution in [0.5, 0.6) is 0 Å². The average molecular weight is 278 g/mol. The molecule has 0 bridgehead atoms. The molecule has 2 rings (SSSR count). The highest BCUT2D eigenvalue weighted by Crippen LogP contribution is 2.26. The number of ether oxygens (including phenoxy) is 1. The smallest absolute Gasteiger partial charge is 0.159 e. The Labute approximate surface area is 116 Å². The zero-order valence-corrected chi connectivity index (χ0v) is 11.1. The molecule has 0 spiro atoms. The van der Waals surface area contributed by atoms with Gasteiger partial charge in [0, 0.05) is 13.5 Å². The van der Waals surface area contributed by atoms with Crippen LogP contribution in [0.15, 0.2) is 48.5 Å². The molecule has 1 N–H and O–H groups in total. The van der Waals surface area contributed by atoms with Crippen LogP contribution in [0.1, 0.15) is 11.1 Å². The van der Waals surface area contributed by atoms with Gasteiger partial charge < -0.3 is 9.84 Å². The SMILES string of the molecule is COCC(O)(Cc1ccc(F)c(F)c1)c1ccccc1. The molecule has 2 aromatic carbocycles. The minimum absolute atomic E-state index is 0.0655. The summed E-state index contributed by atoms with van der Waals surface area (Å²) in [5.74, 6) is -1.82. The summed E-state index contributed by atoms with van der Waals surface area (Å²) in [6.07, 6.45) is 0.141. The van der Waals surface area contributed by atoms with Crippen LogP contribution < -0.4 is 0 Å². The molecule has 106 valence electrons. The van der Waals surface area contributed by atoms with Gasteiger partial charge in [0.15, 0.2) is 11.6 Å². The van der Waals surface area contributed by atoms with E-state index < -0.39 is 17.2 Å². The summed E-state index contributed by atoms with van der Waals surface area (Å²) in [6, 6.07) is 12.6. The molecule has 1 unspecified atom stereocenters. The van der Waals surface area contributed by atoms with E-state index in [2.05, 4.69) is 0 Å². The maximum absolute atomic E-state index is 13.3. The summed E-state index contributed by atoms with van der Waals surface area (Å²) < 4.78 is 31.3. The van der Waals surface area contributed by atoms with E-state index in [1.54, 1.807) is 24.3 Å². The van der Waals surface area contributed by atoms with Gasteiger partial charge in [-0.25, -0.2) is 8.78 Å². The Bertz CT molecular complexity index is 572. The highest BCUT2D eigenvalue weighted by atomic mass is 19.2. The molecule has 0 aliphatic rings. The van der Waals surface area contributed by atoms with Gasteiger partial charge in [0.05, 0.1) is 6.61 Å². The molecule has 0 fully saturated rings. The molecule has 0 saturated heterocycles. The van der Waals surface area contributed by atoms with Crippen molar-refractivity contribution >= 4 is 0 Å². The van der Waals surface area contributed by atoms with Gasteiger partial charge in [-0.3, -0.25) is 0 Å². The first-order valence-corrected chi connectivity index (χ1v) is 6.26. The summed E-state index contributed by atoms with van der Waals surface area (Å²) in [4.78, 5) is 0. The van der Waals surface area contributed by atoms with Crippen molar-refractivity contribution in [1.82, 2.24) is 0 Å². The molecular formula is C16H16F2O2. The molecular weight excluding hydrogens is 262 g/mol. The fourth-order valence-corrected chi connectivity index (χ4v) is 2.21. The fourth-order valence-electron chi connectivity index (χ4n) is 2.21. The van der Waals surface area contributed by atoms with E-state index >= 15 is 0 Å². The van der Waals surface area contributed by atoms with Gasteiger partial charge in [0.1, 0.15) is 5.60 Å². The molecule has 4 heteroatoms. The predicted molar refractivity (Wildman–Crippen MR) is 72.3 cm³/mol. The van der Waals surface area contributed by atoms with Gasteiger partial charge in [-0.15, -0.1) is 0 Å². The zero-order chi connectivity index (χ0) is 14.6. The molecule has 0 aromatic heterocycles. The summed E-state index contributed by atoms with van der Waals surface area (Å²) >= 11 is 0. The molecule has 1 atom stereocenters. The fraction of sp³-hybridized carbons (Fsp3) is 0.250. The maximum Gasteiger partial charge on any atom is 0.159 e.